The number of nitrogens with zero attached hydrogens (tertiary/aromatic N) is 1. The van der Waals surface area contributed by atoms with Crippen molar-refractivity contribution in [3.8, 4) is 11.5 Å². The molecule has 0 aliphatic carbocycles. The zero-order valence-electron chi connectivity index (χ0n) is 13.0. The van der Waals surface area contributed by atoms with Gasteiger partial charge in [-0.1, -0.05) is 6.07 Å². The van der Waals surface area contributed by atoms with E-state index in [1.165, 1.54) is 5.56 Å². The molecule has 1 fully saturated rings. The van der Waals surface area contributed by atoms with Crippen molar-refractivity contribution in [2.24, 2.45) is 0 Å². The van der Waals surface area contributed by atoms with Crippen LogP contribution in [0.5, 0.6) is 11.5 Å². The summed E-state index contributed by atoms with van der Waals surface area (Å²) in [5, 5.41) is 3.36. The lowest BCUT2D eigenvalue weighted by atomic mass is 10.1. The van der Waals surface area contributed by atoms with E-state index in [-0.39, 0.29) is 12.1 Å². The molecular formula is C16H22N2O3S. The van der Waals surface area contributed by atoms with Gasteiger partial charge in [-0.25, -0.2) is 4.79 Å². The topological polar surface area (TPSA) is 50.8 Å². The zero-order chi connectivity index (χ0) is 15.5. The van der Waals surface area contributed by atoms with Gasteiger partial charge in [0.1, 0.15) is 0 Å². The number of carbonyl (C=O) groups is 1. The number of amides is 2. The Bertz CT molecular complexity index is 550. The molecule has 0 radical (unpaired) electrons. The molecule has 1 aromatic rings. The molecule has 1 N–H and O–H groups in total. The van der Waals surface area contributed by atoms with Gasteiger partial charge in [-0.2, -0.15) is 11.8 Å². The molecule has 1 unspecified atom stereocenters. The first kappa shape index (κ1) is 15.3. The molecule has 1 atom stereocenters. The van der Waals surface area contributed by atoms with Crippen molar-refractivity contribution in [1.29, 1.82) is 0 Å². The largest absolute Gasteiger partial charge is 0.454 e. The number of carbonyl (C=O) groups excluding carboxylic acids is 1. The smallest absolute Gasteiger partial charge is 0.317 e. The van der Waals surface area contributed by atoms with Crippen LogP contribution in [0.2, 0.25) is 0 Å². The van der Waals surface area contributed by atoms with Gasteiger partial charge in [0, 0.05) is 30.1 Å². The minimum absolute atomic E-state index is 0.0435. The Morgan fingerprint density at radius 3 is 2.95 bits per heavy atom. The zero-order valence-corrected chi connectivity index (χ0v) is 13.8. The van der Waals surface area contributed by atoms with Crippen LogP contribution in [0.1, 0.15) is 31.1 Å². The SMILES string of the molecule is CC(C)NC(=O)N1CCSC(c2ccc3c(c2)OCO3)CC1. The molecule has 0 saturated carbocycles. The third kappa shape index (κ3) is 3.43. The minimum Gasteiger partial charge on any atom is -0.454 e. The second kappa shape index (κ2) is 6.69. The van der Waals surface area contributed by atoms with E-state index in [4.69, 9.17) is 9.47 Å². The van der Waals surface area contributed by atoms with Crippen molar-refractivity contribution in [2.45, 2.75) is 31.6 Å². The molecule has 2 aliphatic rings. The predicted molar refractivity (Wildman–Crippen MR) is 87.6 cm³/mol. The molecule has 3 rings (SSSR count). The van der Waals surface area contributed by atoms with Crippen LogP contribution in [-0.2, 0) is 0 Å². The van der Waals surface area contributed by atoms with Crippen molar-refractivity contribution in [3.63, 3.8) is 0 Å². The molecule has 1 saturated heterocycles. The van der Waals surface area contributed by atoms with E-state index in [1.807, 2.05) is 36.6 Å². The summed E-state index contributed by atoms with van der Waals surface area (Å²) >= 11 is 1.90. The maximum atomic E-state index is 12.1. The summed E-state index contributed by atoms with van der Waals surface area (Å²) in [4.78, 5) is 14.0. The fourth-order valence-electron chi connectivity index (χ4n) is 2.69. The van der Waals surface area contributed by atoms with Crippen LogP contribution < -0.4 is 14.8 Å². The number of nitrogens with one attached hydrogen (secondary N) is 1. The summed E-state index contributed by atoms with van der Waals surface area (Å²) in [7, 11) is 0. The standard InChI is InChI=1S/C16H22N2O3S/c1-11(2)17-16(19)18-6-5-15(22-8-7-18)12-3-4-13-14(9-12)21-10-20-13/h3-4,9,11,15H,5-8,10H2,1-2H3,(H,17,19). The Morgan fingerprint density at radius 1 is 1.32 bits per heavy atom. The van der Waals surface area contributed by atoms with E-state index in [9.17, 15) is 4.79 Å². The number of ether oxygens (including phenoxy) is 2. The summed E-state index contributed by atoms with van der Waals surface area (Å²) in [5.74, 6) is 2.60. The van der Waals surface area contributed by atoms with Gasteiger partial charge in [0.25, 0.3) is 0 Å². The van der Waals surface area contributed by atoms with Gasteiger partial charge in [0.2, 0.25) is 6.79 Å². The van der Waals surface area contributed by atoms with Crippen LogP contribution in [0.15, 0.2) is 18.2 Å². The van der Waals surface area contributed by atoms with Crippen molar-refractivity contribution in [1.82, 2.24) is 10.2 Å². The number of hydrogen-bond donors (Lipinski definition) is 1. The molecule has 0 bridgehead atoms. The molecule has 0 aromatic heterocycles. The van der Waals surface area contributed by atoms with Crippen LogP contribution in [-0.4, -0.2) is 42.6 Å². The van der Waals surface area contributed by atoms with Crippen molar-refractivity contribution >= 4 is 17.8 Å². The molecular weight excluding hydrogens is 300 g/mol. The van der Waals surface area contributed by atoms with Crippen molar-refractivity contribution < 1.29 is 14.3 Å². The fourth-order valence-corrected chi connectivity index (χ4v) is 3.91. The van der Waals surface area contributed by atoms with E-state index >= 15 is 0 Å². The second-order valence-corrected chi connectivity index (χ2v) is 7.16. The Kier molecular flexibility index (Phi) is 4.66. The third-order valence-electron chi connectivity index (χ3n) is 3.81. The lowest BCUT2D eigenvalue weighted by Crippen LogP contribution is -2.43. The maximum absolute atomic E-state index is 12.1. The Balaban J connectivity index is 1.64. The second-order valence-electron chi connectivity index (χ2n) is 5.85. The van der Waals surface area contributed by atoms with Crippen LogP contribution >= 0.6 is 11.8 Å². The van der Waals surface area contributed by atoms with Crippen LogP contribution in [0.3, 0.4) is 0 Å². The highest BCUT2D eigenvalue weighted by Crippen LogP contribution is 2.40. The first-order valence-electron chi connectivity index (χ1n) is 7.70. The van der Waals surface area contributed by atoms with Gasteiger partial charge < -0.3 is 19.7 Å². The van der Waals surface area contributed by atoms with Crippen LogP contribution in [0.25, 0.3) is 0 Å². The lowest BCUT2D eigenvalue weighted by Gasteiger charge is -2.22. The predicted octanol–water partition coefficient (Wildman–Crippen LogP) is 3.01. The van der Waals surface area contributed by atoms with E-state index in [0.717, 1.165) is 36.8 Å². The third-order valence-corrected chi connectivity index (χ3v) is 5.14. The Morgan fingerprint density at radius 2 is 2.14 bits per heavy atom. The van der Waals surface area contributed by atoms with E-state index in [1.54, 1.807) is 0 Å². The first-order valence-corrected chi connectivity index (χ1v) is 8.75. The fraction of sp³-hybridized carbons (Fsp3) is 0.562. The number of rotatable bonds is 2. The molecule has 120 valence electrons. The van der Waals surface area contributed by atoms with Crippen LogP contribution in [0, 0.1) is 0 Å². The Hall–Kier alpha value is -1.56. The van der Waals surface area contributed by atoms with E-state index < -0.39 is 0 Å². The number of thioether (sulfide) groups is 1. The molecule has 2 heterocycles. The number of benzene rings is 1. The number of hydrogen-bond acceptors (Lipinski definition) is 4. The summed E-state index contributed by atoms with van der Waals surface area (Å²) in [6.07, 6.45) is 0.954. The first-order chi connectivity index (χ1) is 10.6. The molecule has 2 amide bonds. The van der Waals surface area contributed by atoms with Crippen LogP contribution in [0.4, 0.5) is 4.79 Å². The average Bonchev–Trinajstić information content (AvgIpc) is 2.80. The quantitative estimate of drug-likeness (QED) is 0.909. The number of fused-ring (bicyclic) bond motifs is 1. The van der Waals surface area contributed by atoms with Gasteiger partial charge in [-0.15, -0.1) is 0 Å². The molecule has 1 aromatic carbocycles. The van der Waals surface area contributed by atoms with Gasteiger partial charge >= 0.3 is 6.03 Å². The maximum Gasteiger partial charge on any atom is 0.317 e. The van der Waals surface area contributed by atoms with Crippen molar-refractivity contribution in [2.75, 3.05) is 25.6 Å². The molecule has 0 spiro atoms. The highest BCUT2D eigenvalue weighted by Gasteiger charge is 2.24. The van der Waals surface area contributed by atoms with Gasteiger partial charge in [-0.05, 0) is 38.0 Å². The van der Waals surface area contributed by atoms with Gasteiger partial charge in [0.15, 0.2) is 11.5 Å². The minimum atomic E-state index is 0.0435. The summed E-state index contributed by atoms with van der Waals surface area (Å²) in [6.45, 7) is 5.86. The highest BCUT2D eigenvalue weighted by molar-refractivity contribution is 7.99. The summed E-state index contributed by atoms with van der Waals surface area (Å²) in [6, 6.07) is 6.38. The molecule has 6 heteroatoms. The summed E-state index contributed by atoms with van der Waals surface area (Å²) in [5.41, 5.74) is 1.25. The molecule has 2 aliphatic heterocycles. The van der Waals surface area contributed by atoms with E-state index in [2.05, 4.69) is 17.4 Å². The normalized spacial score (nSPS) is 20.9. The monoisotopic (exact) mass is 322 g/mol. The van der Waals surface area contributed by atoms with Gasteiger partial charge in [0.05, 0.1) is 0 Å². The Labute approximate surface area is 135 Å². The summed E-state index contributed by atoms with van der Waals surface area (Å²) < 4.78 is 10.8. The number of urea groups is 1. The lowest BCUT2D eigenvalue weighted by molar-refractivity contribution is 0.174. The average molecular weight is 322 g/mol. The highest BCUT2D eigenvalue weighted by atomic mass is 32.2. The van der Waals surface area contributed by atoms with Gasteiger partial charge in [-0.3, -0.25) is 0 Å². The van der Waals surface area contributed by atoms with E-state index in [0.29, 0.717) is 12.0 Å². The molecule has 22 heavy (non-hydrogen) atoms. The molecule has 5 nitrogen and oxygen atoms in total. The van der Waals surface area contributed by atoms with Crippen molar-refractivity contribution in [3.05, 3.63) is 23.8 Å².